The third-order valence-corrected chi connectivity index (χ3v) is 5.13. The van der Waals surface area contributed by atoms with Crippen molar-refractivity contribution >= 4 is 5.91 Å². The normalized spacial score (nSPS) is 23.7. The Morgan fingerprint density at radius 2 is 2.04 bits per heavy atom. The van der Waals surface area contributed by atoms with Crippen molar-refractivity contribution in [3.8, 4) is 0 Å². The van der Waals surface area contributed by atoms with E-state index in [0.717, 1.165) is 38.3 Å². The highest BCUT2D eigenvalue weighted by Gasteiger charge is 2.42. The van der Waals surface area contributed by atoms with Gasteiger partial charge in [-0.1, -0.05) is 17.3 Å². The number of aromatic nitrogens is 1. The van der Waals surface area contributed by atoms with Crippen LogP contribution in [0.4, 0.5) is 4.39 Å². The molecule has 2 atom stereocenters. The van der Waals surface area contributed by atoms with Gasteiger partial charge in [-0.25, -0.2) is 4.39 Å². The van der Waals surface area contributed by atoms with E-state index in [1.807, 2.05) is 11.0 Å². The van der Waals surface area contributed by atoms with Crippen molar-refractivity contribution in [2.75, 3.05) is 26.2 Å². The van der Waals surface area contributed by atoms with Crippen LogP contribution in [-0.2, 0) is 6.54 Å². The molecule has 6 heteroatoms. The van der Waals surface area contributed by atoms with Gasteiger partial charge in [-0.2, -0.15) is 0 Å². The predicted molar refractivity (Wildman–Crippen MR) is 85.8 cm³/mol. The summed E-state index contributed by atoms with van der Waals surface area (Å²) < 4.78 is 18.3. The molecule has 0 radical (unpaired) electrons. The van der Waals surface area contributed by atoms with Crippen molar-refractivity contribution in [1.82, 2.24) is 15.0 Å². The van der Waals surface area contributed by atoms with Crippen molar-refractivity contribution in [2.45, 2.75) is 13.5 Å². The van der Waals surface area contributed by atoms with E-state index in [0.29, 0.717) is 23.2 Å². The van der Waals surface area contributed by atoms with E-state index in [1.54, 1.807) is 19.1 Å². The first-order chi connectivity index (χ1) is 11.6. The molecule has 1 aromatic carbocycles. The number of fused-ring (bicyclic) bond motifs is 1. The Bertz CT molecular complexity index is 746. The van der Waals surface area contributed by atoms with Crippen LogP contribution < -0.4 is 0 Å². The Morgan fingerprint density at radius 3 is 2.67 bits per heavy atom. The Labute approximate surface area is 140 Å². The van der Waals surface area contributed by atoms with Gasteiger partial charge in [-0.15, -0.1) is 0 Å². The van der Waals surface area contributed by atoms with E-state index in [1.165, 1.54) is 12.3 Å². The maximum Gasteiger partial charge on any atom is 0.259 e. The van der Waals surface area contributed by atoms with Gasteiger partial charge >= 0.3 is 0 Å². The maximum atomic E-state index is 13.3. The van der Waals surface area contributed by atoms with Crippen LogP contribution in [0.25, 0.3) is 0 Å². The van der Waals surface area contributed by atoms with Gasteiger partial charge in [0.25, 0.3) is 5.91 Å². The second-order valence-electron chi connectivity index (χ2n) is 6.85. The van der Waals surface area contributed by atoms with Gasteiger partial charge < -0.3 is 9.42 Å². The molecule has 4 rings (SSSR count). The summed E-state index contributed by atoms with van der Waals surface area (Å²) in [6.45, 7) is 5.98. The standard InChI is InChI=1S/C18H20FN3O2/c1-12-17(6-20-24-12)18(23)22-10-14-8-21(9-15(14)11-22)7-13-3-2-4-16(19)5-13/h2-6,14-15H,7-11H2,1H3/t14-,15+. The molecule has 0 spiro atoms. The summed E-state index contributed by atoms with van der Waals surface area (Å²) in [5.41, 5.74) is 1.56. The lowest BCUT2D eigenvalue weighted by Crippen LogP contribution is -2.33. The average molecular weight is 329 g/mol. The molecule has 2 aromatic rings. The largest absolute Gasteiger partial charge is 0.361 e. The van der Waals surface area contributed by atoms with Crippen LogP contribution in [0.1, 0.15) is 21.7 Å². The fourth-order valence-electron chi connectivity index (χ4n) is 3.95. The fourth-order valence-corrected chi connectivity index (χ4v) is 3.95. The zero-order valence-electron chi connectivity index (χ0n) is 13.6. The van der Waals surface area contributed by atoms with Gasteiger partial charge in [-0.05, 0) is 36.5 Å². The van der Waals surface area contributed by atoms with Crippen LogP contribution in [0.5, 0.6) is 0 Å². The number of likely N-dealkylation sites (tertiary alicyclic amines) is 2. The van der Waals surface area contributed by atoms with Crippen LogP contribution in [0.2, 0.25) is 0 Å². The number of hydrogen-bond donors (Lipinski definition) is 0. The summed E-state index contributed by atoms with van der Waals surface area (Å²) in [5, 5.41) is 3.69. The summed E-state index contributed by atoms with van der Waals surface area (Å²) in [7, 11) is 0. The lowest BCUT2D eigenvalue weighted by Gasteiger charge is -2.21. The number of benzene rings is 1. The van der Waals surface area contributed by atoms with Crippen LogP contribution in [0.15, 0.2) is 35.0 Å². The molecule has 0 unspecified atom stereocenters. The average Bonchev–Trinajstić information content (AvgIpc) is 3.21. The quantitative estimate of drug-likeness (QED) is 0.867. The van der Waals surface area contributed by atoms with E-state index in [9.17, 15) is 9.18 Å². The van der Waals surface area contributed by atoms with Crippen molar-refractivity contribution in [3.63, 3.8) is 0 Å². The molecule has 0 aliphatic carbocycles. The number of rotatable bonds is 3. The first kappa shape index (κ1) is 15.3. The topological polar surface area (TPSA) is 49.6 Å². The summed E-state index contributed by atoms with van der Waals surface area (Å²) in [6.07, 6.45) is 1.50. The molecule has 2 fully saturated rings. The Balaban J connectivity index is 1.37. The summed E-state index contributed by atoms with van der Waals surface area (Å²) in [5.74, 6) is 1.38. The number of aryl methyl sites for hydroxylation is 1. The van der Waals surface area contributed by atoms with Gasteiger partial charge in [0.15, 0.2) is 0 Å². The molecule has 0 saturated carbocycles. The molecular weight excluding hydrogens is 309 g/mol. The van der Waals surface area contributed by atoms with E-state index in [2.05, 4.69) is 10.1 Å². The lowest BCUT2D eigenvalue weighted by molar-refractivity contribution is 0.0771. The molecule has 3 heterocycles. The SMILES string of the molecule is Cc1oncc1C(=O)N1C[C@H]2CN(Cc3cccc(F)c3)C[C@H]2C1. The van der Waals surface area contributed by atoms with Crippen molar-refractivity contribution in [2.24, 2.45) is 11.8 Å². The zero-order chi connectivity index (χ0) is 16.7. The van der Waals surface area contributed by atoms with Gasteiger partial charge in [-0.3, -0.25) is 9.69 Å². The molecule has 126 valence electrons. The number of carbonyl (C=O) groups excluding carboxylic acids is 1. The number of halogens is 1. The smallest absolute Gasteiger partial charge is 0.259 e. The van der Waals surface area contributed by atoms with Gasteiger partial charge in [0.05, 0.1) is 6.20 Å². The van der Waals surface area contributed by atoms with Crippen molar-refractivity contribution < 1.29 is 13.7 Å². The van der Waals surface area contributed by atoms with E-state index < -0.39 is 0 Å². The second-order valence-corrected chi connectivity index (χ2v) is 6.85. The van der Waals surface area contributed by atoms with Gasteiger partial charge in [0, 0.05) is 32.7 Å². The number of amides is 1. The molecule has 5 nitrogen and oxygen atoms in total. The molecule has 0 bridgehead atoms. The molecule has 1 amide bonds. The minimum Gasteiger partial charge on any atom is -0.361 e. The van der Waals surface area contributed by atoms with Crippen LogP contribution in [0.3, 0.4) is 0 Å². The van der Waals surface area contributed by atoms with Crippen LogP contribution >= 0.6 is 0 Å². The number of carbonyl (C=O) groups is 1. The third kappa shape index (κ3) is 2.82. The first-order valence-corrected chi connectivity index (χ1v) is 8.27. The van der Waals surface area contributed by atoms with Crippen LogP contribution in [0, 0.1) is 24.6 Å². The van der Waals surface area contributed by atoms with Crippen molar-refractivity contribution in [3.05, 3.63) is 53.2 Å². The van der Waals surface area contributed by atoms with E-state index in [-0.39, 0.29) is 11.7 Å². The number of hydrogen-bond acceptors (Lipinski definition) is 4. The highest BCUT2D eigenvalue weighted by molar-refractivity contribution is 5.95. The Morgan fingerprint density at radius 1 is 1.29 bits per heavy atom. The van der Waals surface area contributed by atoms with Gasteiger partial charge in [0.2, 0.25) is 0 Å². The van der Waals surface area contributed by atoms with Crippen LogP contribution in [-0.4, -0.2) is 47.0 Å². The van der Waals surface area contributed by atoms with Gasteiger partial charge in [0.1, 0.15) is 17.1 Å². The Hall–Kier alpha value is -2.21. The Kier molecular flexibility index (Phi) is 3.84. The highest BCUT2D eigenvalue weighted by atomic mass is 19.1. The zero-order valence-corrected chi connectivity index (χ0v) is 13.6. The molecular formula is C18H20FN3O2. The summed E-state index contributed by atoms with van der Waals surface area (Å²) in [6, 6.07) is 6.78. The molecule has 2 aliphatic rings. The monoisotopic (exact) mass is 329 g/mol. The van der Waals surface area contributed by atoms with E-state index in [4.69, 9.17) is 4.52 Å². The summed E-state index contributed by atoms with van der Waals surface area (Å²) >= 11 is 0. The minimum absolute atomic E-state index is 0.0137. The second kappa shape index (κ2) is 6.02. The van der Waals surface area contributed by atoms with E-state index >= 15 is 0 Å². The number of nitrogens with zero attached hydrogens (tertiary/aromatic N) is 3. The maximum absolute atomic E-state index is 13.3. The van der Waals surface area contributed by atoms with Crippen molar-refractivity contribution in [1.29, 1.82) is 0 Å². The molecule has 0 N–H and O–H groups in total. The first-order valence-electron chi connectivity index (χ1n) is 8.27. The highest BCUT2D eigenvalue weighted by Crippen LogP contribution is 2.32. The fraction of sp³-hybridized carbons (Fsp3) is 0.444. The predicted octanol–water partition coefficient (Wildman–Crippen LogP) is 2.33. The molecule has 24 heavy (non-hydrogen) atoms. The third-order valence-electron chi connectivity index (χ3n) is 5.13. The molecule has 2 aliphatic heterocycles. The lowest BCUT2D eigenvalue weighted by atomic mass is 10.0. The minimum atomic E-state index is -0.187. The summed E-state index contributed by atoms with van der Waals surface area (Å²) in [4.78, 5) is 16.8. The molecule has 2 saturated heterocycles. The molecule has 1 aromatic heterocycles.